The van der Waals surface area contributed by atoms with Crippen molar-refractivity contribution in [2.24, 2.45) is 5.73 Å². The molecule has 37 heavy (non-hydrogen) atoms. The molecule has 0 saturated carbocycles. The number of alkyl halides is 6. The summed E-state index contributed by atoms with van der Waals surface area (Å²) < 4.78 is 79.3. The number of pyridine rings is 1. The Morgan fingerprint density at radius 2 is 1.78 bits per heavy atom. The summed E-state index contributed by atoms with van der Waals surface area (Å²) in [5, 5.41) is 12.9. The molecule has 2 amide bonds. The zero-order valence-corrected chi connectivity index (χ0v) is 19.7. The van der Waals surface area contributed by atoms with Crippen LogP contribution in [0.15, 0.2) is 35.5 Å². The second-order valence-corrected chi connectivity index (χ2v) is 8.71. The van der Waals surface area contributed by atoms with Crippen LogP contribution in [0.5, 0.6) is 0 Å². The van der Waals surface area contributed by atoms with Crippen molar-refractivity contribution in [2.45, 2.75) is 44.7 Å². The van der Waals surface area contributed by atoms with Gasteiger partial charge in [0.2, 0.25) is 5.91 Å². The van der Waals surface area contributed by atoms with Gasteiger partial charge < -0.3 is 26.7 Å². The first-order chi connectivity index (χ1) is 17.1. The summed E-state index contributed by atoms with van der Waals surface area (Å²) in [6, 6.07) is 4.01. The third-order valence-electron chi connectivity index (χ3n) is 5.83. The van der Waals surface area contributed by atoms with Crippen molar-refractivity contribution in [3.05, 3.63) is 46.8 Å². The molecule has 2 heterocycles. The van der Waals surface area contributed by atoms with E-state index in [4.69, 9.17) is 11.1 Å². The normalized spacial score (nSPS) is 19.3. The molecule has 2 atom stereocenters. The number of hydrogen-bond donors (Lipinski definition) is 4. The van der Waals surface area contributed by atoms with E-state index in [1.165, 1.54) is 17.9 Å². The molecule has 14 heteroatoms. The van der Waals surface area contributed by atoms with Crippen LogP contribution in [-0.4, -0.2) is 59.3 Å². The highest BCUT2D eigenvalue weighted by molar-refractivity contribution is 6.12. The minimum Gasteiger partial charge on any atom is -0.394 e. The first kappa shape index (κ1) is 27.7. The second-order valence-electron chi connectivity index (χ2n) is 8.71. The van der Waals surface area contributed by atoms with Gasteiger partial charge in [-0.25, -0.2) is 4.98 Å². The number of allylic oxidation sites excluding steroid dienone is 1. The van der Waals surface area contributed by atoms with Crippen molar-refractivity contribution < 1.29 is 35.9 Å². The lowest BCUT2D eigenvalue weighted by molar-refractivity contribution is -0.141. The van der Waals surface area contributed by atoms with E-state index in [-0.39, 0.29) is 36.9 Å². The Balaban J connectivity index is 1.93. The Kier molecular flexibility index (Phi) is 7.70. The van der Waals surface area contributed by atoms with Gasteiger partial charge >= 0.3 is 12.4 Å². The van der Waals surface area contributed by atoms with E-state index >= 15 is 0 Å². The standard InChI is InChI=1S/C23H24F6N6O2/c1-11-3-4-17-15(5-11)18(7-19(34-17)22(24,25)26)32-13-6-14(10-35(9-13)12(2)36)33-21(37)16(8-30)20(31)23(27,28)29/h3-5,7-8,13-14,30H,6,9-10,31H2,1-2H3,(H,32,34)(H,33,37)/b20-16+,30-8?/t13-,14+/m1/s1. The third-order valence-corrected chi connectivity index (χ3v) is 5.83. The van der Waals surface area contributed by atoms with Crippen LogP contribution in [0.1, 0.15) is 24.6 Å². The highest BCUT2D eigenvalue weighted by atomic mass is 19.4. The van der Waals surface area contributed by atoms with Crippen LogP contribution in [0.25, 0.3) is 10.9 Å². The quantitative estimate of drug-likeness (QED) is 0.268. The van der Waals surface area contributed by atoms with Crippen LogP contribution < -0.4 is 16.4 Å². The fourth-order valence-corrected chi connectivity index (χ4v) is 4.07. The molecule has 0 unspecified atom stereocenters. The fraction of sp³-hybridized carbons (Fsp3) is 0.391. The molecule has 1 aliphatic rings. The Labute approximate surface area is 207 Å². The number of likely N-dealkylation sites (tertiary alicyclic amines) is 1. The maximum atomic E-state index is 13.5. The molecule has 1 aromatic heterocycles. The maximum absolute atomic E-state index is 13.5. The van der Waals surface area contributed by atoms with E-state index in [0.29, 0.717) is 5.39 Å². The number of nitrogens with one attached hydrogen (secondary N) is 3. The first-order valence-corrected chi connectivity index (χ1v) is 11.0. The van der Waals surface area contributed by atoms with Crippen molar-refractivity contribution in [2.75, 3.05) is 18.4 Å². The molecule has 200 valence electrons. The smallest absolute Gasteiger partial charge is 0.394 e. The van der Waals surface area contributed by atoms with Gasteiger partial charge in [-0.05, 0) is 31.5 Å². The second kappa shape index (κ2) is 10.3. The average Bonchev–Trinajstić information content (AvgIpc) is 2.78. The van der Waals surface area contributed by atoms with Gasteiger partial charge in [0, 0.05) is 49.4 Å². The van der Waals surface area contributed by atoms with Crippen LogP contribution in [0.4, 0.5) is 32.0 Å². The van der Waals surface area contributed by atoms with E-state index in [1.807, 2.05) is 0 Å². The molecule has 1 saturated heterocycles. The van der Waals surface area contributed by atoms with Gasteiger partial charge in [0.1, 0.15) is 11.4 Å². The summed E-state index contributed by atoms with van der Waals surface area (Å²) in [6.07, 6.45) is -9.52. The topological polar surface area (TPSA) is 124 Å². The van der Waals surface area contributed by atoms with E-state index in [9.17, 15) is 35.9 Å². The molecule has 5 N–H and O–H groups in total. The van der Waals surface area contributed by atoms with Crippen molar-refractivity contribution in [1.82, 2.24) is 15.2 Å². The molecule has 2 aromatic rings. The Hall–Kier alpha value is -3.84. The molecular weight excluding hydrogens is 506 g/mol. The summed E-state index contributed by atoms with van der Waals surface area (Å²) in [7, 11) is 0. The minimum absolute atomic E-state index is 0.0551. The van der Waals surface area contributed by atoms with Crippen molar-refractivity contribution in [3.8, 4) is 0 Å². The number of carbonyl (C=O) groups excluding carboxylic acids is 2. The van der Waals surface area contributed by atoms with Crippen LogP contribution in [0, 0.1) is 12.3 Å². The number of halogens is 6. The van der Waals surface area contributed by atoms with Crippen LogP contribution in [0.2, 0.25) is 0 Å². The van der Waals surface area contributed by atoms with Gasteiger partial charge in [-0.2, -0.15) is 26.3 Å². The zero-order valence-electron chi connectivity index (χ0n) is 19.7. The van der Waals surface area contributed by atoms with Gasteiger partial charge in [-0.3, -0.25) is 9.59 Å². The first-order valence-electron chi connectivity index (χ1n) is 11.0. The molecule has 1 aromatic carbocycles. The van der Waals surface area contributed by atoms with Gasteiger partial charge in [0.05, 0.1) is 11.1 Å². The SMILES string of the molecule is CC(=O)N1C[C@@H](NC(=O)/C(C=N)=C(/N)C(F)(F)F)C[C@@H](Nc2cc(C(F)(F)F)nc3ccc(C)cc23)C1. The molecule has 0 aliphatic carbocycles. The molecule has 8 nitrogen and oxygen atoms in total. The maximum Gasteiger partial charge on any atom is 0.433 e. The minimum atomic E-state index is -5.04. The van der Waals surface area contributed by atoms with Gasteiger partial charge in [0.15, 0.2) is 0 Å². The number of hydrogen-bond acceptors (Lipinski definition) is 6. The zero-order chi connectivity index (χ0) is 27.7. The number of anilines is 1. The molecule has 1 aliphatic heterocycles. The van der Waals surface area contributed by atoms with Gasteiger partial charge in [-0.15, -0.1) is 0 Å². The number of amides is 2. The third kappa shape index (κ3) is 6.49. The lowest BCUT2D eigenvalue weighted by atomic mass is 9.99. The molecule has 1 fully saturated rings. The van der Waals surface area contributed by atoms with Crippen molar-refractivity contribution in [3.63, 3.8) is 0 Å². The number of carbonyl (C=O) groups is 2. The number of piperidine rings is 1. The van der Waals surface area contributed by atoms with E-state index < -0.39 is 53.2 Å². The summed E-state index contributed by atoms with van der Waals surface area (Å²) in [4.78, 5) is 29.6. The van der Waals surface area contributed by atoms with Gasteiger partial charge in [-0.1, -0.05) is 11.6 Å². The van der Waals surface area contributed by atoms with E-state index in [0.717, 1.165) is 11.6 Å². The predicted molar refractivity (Wildman–Crippen MR) is 124 cm³/mol. The highest BCUT2D eigenvalue weighted by Gasteiger charge is 2.37. The van der Waals surface area contributed by atoms with E-state index in [2.05, 4.69) is 15.6 Å². The number of aryl methyl sites for hydroxylation is 1. The summed E-state index contributed by atoms with van der Waals surface area (Å²) >= 11 is 0. The summed E-state index contributed by atoms with van der Waals surface area (Å²) in [5.41, 5.74) is 2.00. The Morgan fingerprint density at radius 1 is 1.14 bits per heavy atom. The van der Waals surface area contributed by atoms with Crippen molar-refractivity contribution in [1.29, 1.82) is 5.41 Å². The number of fused-ring (bicyclic) bond motifs is 1. The number of rotatable bonds is 5. The number of benzene rings is 1. The van der Waals surface area contributed by atoms with Crippen LogP contribution in [0.3, 0.4) is 0 Å². The molecule has 0 spiro atoms. The predicted octanol–water partition coefficient (Wildman–Crippen LogP) is 3.50. The lowest BCUT2D eigenvalue weighted by Crippen LogP contribution is -2.56. The van der Waals surface area contributed by atoms with Gasteiger partial charge in [0.25, 0.3) is 5.91 Å². The summed E-state index contributed by atoms with van der Waals surface area (Å²) in [5.74, 6) is -1.67. The molecule has 3 rings (SSSR count). The molecule has 0 radical (unpaired) electrons. The fourth-order valence-electron chi connectivity index (χ4n) is 4.07. The molecule has 0 bridgehead atoms. The Bertz CT molecular complexity index is 1260. The number of nitrogens with two attached hydrogens (primary N) is 1. The lowest BCUT2D eigenvalue weighted by Gasteiger charge is -2.38. The van der Waals surface area contributed by atoms with E-state index in [1.54, 1.807) is 19.1 Å². The highest BCUT2D eigenvalue weighted by Crippen LogP contribution is 2.34. The monoisotopic (exact) mass is 530 g/mol. The average molecular weight is 530 g/mol. The summed E-state index contributed by atoms with van der Waals surface area (Å²) in [6.45, 7) is 3.02. The largest absolute Gasteiger partial charge is 0.433 e. The van der Waals surface area contributed by atoms with Crippen LogP contribution in [-0.2, 0) is 15.8 Å². The van der Waals surface area contributed by atoms with Crippen molar-refractivity contribution >= 4 is 34.6 Å². The number of aromatic nitrogens is 1. The molecular formula is C23H24F6N6O2. The number of nitrogens with zero attached hydrogens (tertiary/aromatic N) is 2. The van der Waals surface area contributed by atoms with Crippen LogP contribution >= 0.6 is 0 Å². The Morgan fingerprint density at radius 3 is 2.35 bits per heavy atom.